The number of hydrogen-bond acceptors (Lipinski definition) is 8. The standard InChI is InChI=1S/C21H13ClN4O5S/c22-13-3-4-16(26(28)29)14(6-13)20(27)25(10-12-2-1-5-23-9-12)21-24-15-7-17-18(31-11-30-17)8-19(15)32-21/h1-9H,10-11H2. The number of thiazole rings is 1. The number of pyridine rings is 1. The van der Waals surface area contributed by atoms with Crippen molar-refractivity contribution in [3.05, 3.63) is 81.1 Å². The van der Waals surface area contributed by atoms with Gasteiger partial charge in [0.2, 0.25) is 6.79 Å². The molecule has 0 spiro atoms. The Kier molecular flexibility index (Phi) is 5.08. The molecule has 1 aliphatic heterocycles. The number of nitro benzene ring substituents is 1. The van der Waals surface area contributed by atoms with Gasteiger partial charge >= 0.3 is 0 Å². The Labute approximate surface area is 190 Å². The molecule has 0 fully saturated rings. The quantitative estimate of drug-likeness (QED) is 0.305. The number of benzene rings is 2. The van der Waals surface area contributed by atoms with Gasteiger partial charge in [0.1, 0.15) is 5.56 Å². The molecule has 0 unspecified atom stereocenters. The highest BCUT2D eigenvalue weighted by atomic mass is 35.5. The molecule has 0 atom stereocenters. The Hall–Kier alpha value is -3.76. The molecule has 3 heterocycles. The lowest BCUT2D eigenvalue weighted by Gasteiger charge is -2.20. The normalized spacial score (nSPS) is 12.2. The number of fused-ring (bicyclic) bond motifs is 2. The second-order valence-electron chi connectivity index (χ2n) is 6.84. The van der Waals surface area contributed by atoms with E-state index in [1.807, 2.05) is 6.07 Å². The van der Waals surface area contributed by atoms with E-state index in [4.69, 9.17) is 21.1 Å². The van der Waals surface area contributed by atoms with E-state index >= 15 is 0 Å². The molecule has 2 aromatic heterocycles. The largest absolute Gasteiger partial charge is 0.454 e. The molecule has 0 saturated carbocycles. The van der Waals surface area contributed by atoms with Gasteiger partial charge in [0.15, 0.2) is 16.6 Å². The first-order valence-electron chi connectivity index (χ1n) is 9.34. The van der Waals surface area contributed by atoms with Crippen LogP contribution in [0.4, 0.5) is 10.8 Å². The van der Waals surface area contributed by atoms with E-state index in [9.17, 15) is 14.9 Å². The van der Waals surface area contributed by atoms with Gasteiger partial charge in [-0.3, -0.25) is 24.8 Å². The maximum absolute atomic E-state index is 13.6. The van der Waals surface area contributed by atoms with E-state index in [2.05, 4.69) is 9.97 Å². The molecule has 5 rings (SSSR count). The molecule has 0 radical (unpaired) electrons. The lowest BCUT2D eigenvalue weighted by molar-refractivity contribution is -0.385. The van der Waals surface area contributed by atoms with E-state index in [-0.39, 0.29) is 29.6 Å². The van der Waals surface area contributed by atoms with Gasteiger partial charge in [-0.25, -0.2) is 4.98 Å². The number of hydrogen-bond donors (Lipinski definition) is 0. The summed E-state index contributed by atoms with van der Waals surface area (Å²) in [5.74, 6) is 0.579. The minimum atomic E-state index is -0.608. The van der Waals surface area contributed by atoms with Crippen LogP contribution in [-0.4, -0.2) is 27.6 Å². The number of amides is 1. The number of halogens is 1. The lowest BCUT2D eigenvalue weighted by Crippen LogP contribution is -2.31. The lowest BCUT2D eigenvalue weighted by atomic mass is 10.1. The third-order valence-corrected chi connectivity index (χ3v) is 6.07. The van der Waals surface area contributed by atoms with Crippen LogP contribution in [0.25, 0.3) is 10.2 Å². The van der Waals surface area contributed by atoms with Crippen molar-refractivity contribution in [1.29, 1.82) is 0 Å². The maximum atomic E-state index is 13.6. The van der Waals surface area contributed by atoms with E-state index in [0.29, 0.717) is 22.1 Å². The summed E-state index contributed by atoms with van der Waals surface area (Å²) < 4.78 is 11.6. The van der Waals surface area contributed by atoms with Gasteiger partial charge < -0.3 is 9.47 Å². The van der Waals surface area contributed by atoms with Crippen molar-refractivity contribution < 1.29 is 19.2 Å². The number of carbonyl (C=O) groups excluding carboxylic acids is 1. The second-order valence-corrected chi connectivity index (χ2v) is 8.29. The SMILES string of the molecule is O=C(c1cc(Cl)ccc1[N+](=O)[O-])N(Cc1cccnc1)c1nc2cc3c(cc2s1)OCO3. The molecule has 11 heteroatoms. The number of aromatic nitrogens is 2. The minimum absolute atomic E-state index is 0.114. The van der Waals surface area contributed by atoms with Crippen LogP contribution in [0.2, 0.25) is 5.02 Å². The molecule has 0 bridgehead atoms. The van der Waals surface area contributed by atoms with Crippen molar-refractivity contribution in [2.45, 2.75) is 6.54 Å². The van der Waals surface area contributed by atoms with Gasteiger partial charge in [-0.05, 0) is 23.8 Å². The fourth-order valence-corrected chi connectivity index (χ4v) is 4.45. The Morgan fingerprint density at radius 1 is 1.22 bits per heavy atom. The van der Waals surface area contributed by atoms with Gasteiger partial charge in [0.05, 0.1) is 21.7 Å². The van der Waals surface area contributed by atoms with Crippen molar-refractivity contribution in [2.75, 3.05) is 11.7 Å². The van der Waals surface area contributed by atoms with Gasteiger partial charge in [-0.15, -0.1) is 0 Å². The Morgan fingerprint density at radius 3 is 2.78 bits per heavy atom. The molecule has 0 N–H and O–H groups in total. The van der Waals surface area contributed by atoms with Crippen LogP contribution in [0.1, 0.15) is 15.9 Å². The molecule has 0 saturated heterocycles. The average molecular weight is 469 g/mol. The molecular formula is C21H13ClN4O5S. The highest BCUT2D eigenvalue weighted by Gasteiger charge is 2.29. The fraction of sp³-hybridized carbons (Fsp3) is 0.0952. The second kappa shape index (κ2) is 8.06. The van der Waals surface area contributed by atoms with Crippen LogP contribution < -0.4 is 14.4 Å². The summed E-state index contributed by atoms with van der Waals surface area (Å²) in [7, 11) is 0. The topological polar surface area (TPSA) is 108 Å². The molecule has 160 valence electrons. The first kappa shape index (κ1) is 20.2. The van der Waals surface area contributed by atoms with Gasteiger partial charge in [-0.1, -0.05) is 29.0 Å². The summed E-state index contributed by atoms with van der Waals surface area (Å²) in [6.07, 6.45) is 3.24. The summed E-state index contributed by atoms with van der Waals surface area (Å²) in [6, 6.07) is 11.0. The predicted molar refractivity (Wildman–Crippen MR) is 119 cm³/mol. The van der Waals surface area contributed by atoms with Crippen molar-refractivity contribution in [3.63, 3.8) is 0 Å². The van der Waals surface area contributed by atoms with E-state index < -0.39 is 10.8 Å². The first-order valence-corrected chi connectivity index (χ1v) is 10.5. The average Bonchev–Trinajstić information content (AvgIpc) is 3.41. The van der Waals surface area contributed by atoms with Crippen LogP contribution in [0.5, 0.6) is 11.5 Å². The van der Waals surface area contributed by atoms with Crippen LogP contribution in [0, 0.1) is 10.1 Å². The molecule has 0 aliphatic carbocycles. The Bertz CT molecular complexity index is 1320. The monoisotopic (exact) mass is 468 g/mol. The number of ether oxygens (including phenoxy) is 2. The summed E-state index contributed by atoms with van der Waals surface area (Å²) in [4.78, 5) is 34.6. The summed E-state index contributed by atoms with van der Waals surface area (Å²) in [5.41, 5.74) is 0.898. The third kappa shape index (κ3) is 3.70. The van der Waals surface area contributed by atoms with Crippen LogP contribution in [0.3, 0.4) is 0 Å². The molecule has 4 aromatic rings. The summed E-state index contributed by atoms with van der Waals surface area (Å²) in [5, 5.41) is 12.1. The molecular weight excluding hydrogens is 456 g/mol. The minimum Gasteiger partial charge on any atom is -0.454 e. The van der Waals surface area contributed by atoms with Crippen LogP contribution in [0.15, 0.2) is 54.9 Å². The van der Waals surface area contributed by atoms with Crippen molar-refractivity contribution in [3.8, 4) is 11.5 Å². The van der Waals surface area contributed by atoms with Gasteiger partial charge in [-0.2, -0.15) is 0 Å². The molecule has 2 aromatic carbocycles. The zero-order valence-electron chi connectivity index (χ0n) is 16.2. The zero-order chi connectivity index (χ0) is 22.2. The van der Waals surface area contributed by atoms with E-state index in [1.54, 1.807) is 30.6 Å². The van der Waals surface area contributed by atoms with E-state index in [0.717, 1.165) is 10.3 Å². The molecule has 32 heavy (non-hydrogen) atoms. The van der Waals surface area contributed by atoms with Crippen molar-refractivity contribution in [2.24, 2.45) is 0 Å². The molecule has 1 aliphatic rings. The smallest absolute Gasteiger partial charge is 0.282 e. The Morgan fingerprint density at radius 2 is 2.03 bits per heavy atom. The van der Waals surface area contributed by atoms with Crippen LogP contribution >= 0.6 is 22.9 Å². The summed E-state index contributed by atoms with van der Waals surface area (Å²) in [6.45, 7) is 0.256. The maximum Gasteiger partial charge on any atom is 0.282 e. The van der Waals surface area contributed by atoms with E-state index in [1.165, 1.54) is 34.4 Å². The fourth-order valence-electron chi connectivity index (χ4n) is 3.31. The number of anilines is 1. The molecule has 1 amide bonds. The number of nitrogens with zero attached hydrogens (tertiary/aromatic N) is 4. The zero-order valence-corrected chi connectivity index (χ0v) is 17.8. The van der Waals surface area contributed by atoms with Gasteiger partial charge in [0, 0.05) is 35.6 Å². The highest BCUT2D eigenvalue weighted by molar-refractivity contribution is 7.22. The highest BCUT2D eigenvalue weighted by Crippen LogP contribution is 2.40. The van der Waals surface area contributed by atoms with Crippen molar-refractivity contribution in [1.82, 2.24) is 9.97 Å². The van der Waals surface area contributed by atoms with Crippen LogP contribution in [-0.2, 0) is 6.54 Å². The first-order chi connectivity index (χ1) is 15.5. The van der Waals surface area contributed by atoms with Crippen molar-refractivity contribution >= 4 is 49.9 Å². The number of rotatable bonds is 5. The third-order valence-electron chi connectivity index (χ3n) is 4.80. The molecule has 9 nitrogen and oxygen atoms in total. The van der Waals surface area contributed by atoms with Gasteiger partial charge in [0.25, 0.3) is 11.6 Å². The number of carbonyl (C=O) groups is 1. The Balaban J connectivity index is 1.62. The predicted octanol–water partition coefficient (Wildman–Crippen LogP) is 4.83. The summed E-state index contributed by atoms with van der Waals surface area (Å²) >= 11 is 7.32. The number of nitro groups is 1.